The van der Waals surface area contributed by atoms with Crippen LogP contribution in [0.5, 0.6) is 0 Å². The third kappa shape index (κ3) is 3.45. The number of carbonyl (C=O) groups is 1. The Hall–Kier alpha value is -1.65. The Bertz CT molecular complexity index is 800. The van der Waals surface area contributed by atoms with Crippen molar-refractivity contribution in [2.45, 2.75) is 64.5 Å². The number of hydrogen-bond acceptors (Lipinski definition) is 3. The van der Waals surface area contributed by atoms with Crippen molar-refractivity contribution in [3.63, 3.8) is 0 Å². The number of likely N-dealkylation sites (tertiary alicyclic amines) is 1. The smallest absolute Gasteiger partial charge is 0.179 e. The maximum atomic E-state index is 12.7. The molecule has 0 bridgehead atoms. The SMILES string of the molecule is Cc1ccc2c(c1)c1c(n2C[C@@H](O)CN2CCCCCC2)C(=O)CCC1. The molecular weight excluding hydrogens is 324 g/mol. The van der Waals surface area contributed by atoms with E-state index in [2.05, 4.69) is 34.6 Å². The molecule has 0 saturated carbocycles. The number of benzene rings is 1. The summed E-state index contributed by atoms with van der Waals surface area (Å²) in [7, 11) is 0. The van der Waals surface area contributed by atoms with Crippen molar-refractivity contribution in [3.8, 4) is 0 Å². The zero-order valence-corrected chi connectivity index (χ0v) is 15.8. The van der Waals surface area contributed by atoms with Gasteiger partial charge in [-0.3, -0.25) is 4.79 Å². The predicted molar refractivity (Wildman–Crippen MR) is 105 cm³/mol. The second-order valence-corrected chi connectivity index (χ2v) is 8.10. The molecule has 2 heterocycles. The van der Waals surface area contributed by atoms with Gasteiger partial charge in [-0.05, 0) is 63.4 Å². The molecule has 1 aliphatic heterocycles. The first-order valence-corrected chi connectivity index (χ1v) is 10.2. The lowest BCUT2D eigenvalue weighted by Gasteiger charge is -2.24. The molecule has 1 aliphatic carbocycles. The molecule has 0 radical (unpaired) electrons. The fourth-order valence-electron chi connectivity index (χ4n) is 4.73. The standard InChI is InChI=1S/C22H30N2O2/c1-16-9-10-20-19(13-16)18-7-6-8-21(26)22(18)24(20)15-17(25)14-23-11-4-2-3-5-12-23/h9-10,13,17,25H,2-8,11-12,14-15H2,1H3/t17-/m0/s1. The second-order valence-electron chi connectivity index (χ2n) is 8.10. The third-order valence-corrected chi connectivity index (χ3v) is 5.98. The average Bonchev–Trinajstić information content (AvgIpc) is 2.76. The third-order valence-electron chi connectivity index (χ3n) is 5.98. The zero-order chi connectivity index (χ0) is 18.1. The fourth-order valence-corrected chi connectivity index (χ4v) is 4.73. The number of fused-ring (bicyclic) bond motifs is 3. The van der Waals surface area contributed by atoms with Crippen molar-refractivity contribution >= 4 is 16.7 Å². The number of carbonyl (C=O) groups excluding carboxylic acids is 1. The normalized spacial score (nSPS) is 20.2. The lowest BCUT2D eigenvalue weighted by Crippen LogP contribution is -2.36. The van der Waals surface area contributed by atoms with Crippen LogP contribution < -0.4 is 0 Å². The first kappa shape index (κ1) is 17.7. The number of aliphatic hydroxyl groups excluding tert-OH is 1. The maximum Gasteiger partial charge on any atom is 0.179 e. The summed E-state index contributed by atoms with van der Waals surface area (Å²) in [5, 5.41) is 12.0. The quantitative estimate of drug-likeness (QED) is 0.910. The van der Waals surface area contributed by atoms with E-state index in [1.807, 2.05) is 0 Å². The van der Waals surface area contributed by atoms with E-state index in [1.165, 1.54) is 42.2 Å². The van der Waals surface area contributed by atoms with Gasteiger partial charge in [0.15, 0.2) is 5.78 Å². The molecule has 1 fully saturated rings. The molecule has 0 unspecified atom stereocenters. The number of β-amino-alcohol motifs (C(OH)–C–C–N with tert-alkyl or cyclic N) is 1. The van der Waals surface area contributed by atoms with E-state index in [4.69, 9.17) is 0 Å². The Morgan fingerprint density at radius 1 is 1.04 bits per heavy atom. The van der Waals surface area contributed by atoms with Crippen LogP contribution in [0.25, 0.3) is 10.9 Å². The van der Waals surface area contributed by atoms with E-state index in [9.17, 15) is 9.90 Å². The minimum absolute atomic E-state index is 0.238. The lowest BCUT2D eigenvalue weighted by atomic mass is 9.94. The predicted octanol–water partition coefficient (Wildman–Crippen LogP) is 3.71. The molecule has 1 aromatic heterocycles. The highest BCUT2D eigenvalue weighted by molar-refractivity contribution is 6.04. The van der Waals surface area contributed by atoms with Gasteiger partial charge < -0.3 is 14.6 Å². The lowest BCUT2D eigenvalue weighted by molar-refractivity contribution is 0.0921. The molecule has 26 heavy (non-hydrogen) atoms. The highest BCUT2D eigenvalue weighted by atomic mass is 16.3. The molecule has 2 aliphatic rings. The van der Waals surface area contributed by atoms with Gasteiger partial charge in [0.25, 0.3) is 0 Å². The van der Waals surface area contributed by atoms with Gasteiger partial charge in [-0.25, -0.2) is 0 Å². The Kier molecular flexibility index (Phi) is 5.14. The van der Waals surface area contributed by atoms with E-state index in [0.29, 0.717) is 19.5 Å². The molecule has 1 aromatic carbocycles. The molecule has 4 nitrogen and oxygen atoms in total. The van der Waals surface area contributed by atoms with Crippen LogP contribution in [0.1, 0.15) is 60.1 Å². The molecule has 140 valence electrons. The van der Waals surface area contributed by atoms with Crippen LogP contribution in [0, 0.1) is 6.92 Å². The minimum Gasteiger partial charge on any atom is -0.390 e. The number of nitrogens with zero attached hydrogens (tertiary/aromatic N) is 2. The van der Waals surface area contributed by atoms with Gasteiger partial charge in [-0.15, -0.1) is 0 Å². The van der Waals surface area contributed by atoms with Crippen molar-refractivity contribution in [3.05, 3.63) is 35.0 Å². The van der Waals surface area contributed by atoms with Gasteiger partial charge in [0.1, 0.15) is 0 Å². The summed E-state index contributed by atoms with van der Waals surface area (Å²) in [6.07, 6.45) is 7.16. The Balaban J connectivity index is 1.63. The summed E-state index contributed by atoms with van der Waals surface area (Å²) in [4.78, 5) is 15.1. The van der Waals surface area contributed by atoms with Crippen molar-refractivity contribution < 1.29 is 9.90 Å². The number of aryl methyl sites for hydroxylation is 2. The Morgan fingerprint density at radius 2 is 1.81 bits per heavy atom. The van der Waals surface area contributed by atoms with Crippen LogP contribution in [0.4, 0.5) is 0 Å². The molecular formula is C22H30N2O2. The van der Waals surface area contributed by atoms with Crippen LogP contribution in [-0.2, 0) is 13.0 Å². The summed E-state index contributed by atoms with van der Waals surface area (Å²) in [5.41, 5.74) is 4.38. The van der Waals surface area contributed by atoms with Crippen LogP contribution in [-0.4, -0.2) is 46.1 Å². The van der Waals surface area contributed by atoms with Gasteiger partial charge in [0.05, 0.1) is 18.3 Å². The first-order chi connectivity index (χ1) is 12.6. The summed E-state index contributed by atoms with van der Waals surface area (Å²) in [6, 6.07) is 6.43. The van der Waals surface area contributed by atoms with Gasteiger partial charge in [0, 0.05) is 23.9 Å². The van der Waals surface area contributed by atoms with E-state index < -0.39 is 6.10 Å². The van der Waals surface area contributed by atoms with Gasteiger partial charge >= 0.3 is 0 Å². The molecule has 4 rings (SSSR count). The number of aliphatic hydroxyl groups is 1. The fraction of sp³-hybridized carbons (Fsp3) is 0.591. The average molecular weight is 354 g/mol. The topological polar surface area (TPSA) is 45.5 Å². The van der Waals surface area contributed by atoms with Crippen LogP contribution in [0.2, 0.25) is 0 Å². The molecule has 1 N–H and O–H groups in total. The van der Waals surface area contributed by atoms with E-state index in [-0.39, 0.29) is 5.78 Å². The molecule has 2 aromatic rings. The van der Waals surface area contributed by atoms with E-state index in [1.54, 1.807) is 0 Å². The largest absolute Gasteiger partial charge is 0.390 e. The molecule has 4 heteroatoms. The van der Waals surface area contributed by atoms with Gasteiger partial charge in [0.2, 0.25) is 0 Å². The van der Waals surface area contributed by atoms with Crippen LogP contribution >= 0.6 is 0 Å². The molecule has 0 amide bonds. The maximum absolute atomic E-state index is 12.7. The number of aromatic nitrogens is 1. The summed E-state index contributed by atoms with van der Waals surface area (Å²) in [6.45, 7) is 5.48. The van der Waals surface area contributed by atoms with E-state index in [0.717, 1.165) is 37.1 Å². The second kappa shape index (κ2) is 7.53. The number of Topliss-reactive ketones (excluding diaryl/α,β-unsaturated/α-hetero) is 1. The van der Waals surface area contributed by atoms with E-state index >= 15 is 0 Å². The number of rotatable bonds is 4. The van der Waals surface area contributed by atoms with Crippen LogP contribution in [0.3, 0.4) is 0 Å². The number of hydrogen-bond donors (Lipinski definition) is 1. The molecule has 1 atom stereocenters. The van der Waals surface area contributed by atoms with Gasteiger partial charge in [-0.1, -0.05) is 24.5 Å². The summed E-state index contributed by atoms with van der Waals surface area (Å²) < 4.78 is 2.11. The monoisotopic (exact) mass is 354 g/mol. The van der Waals surface area contributed by atoms with Crippen molar-refractivity contribution in [1.29, 1.82) is 0 Å². The zero-order valence-electron chi connectivity index (χ0n) is 15.8. The van der Waals surface area contributed by atoms with Crippen molar-refractivity contribution in [2.24, 2.45) is 0 Å². The highest BCUT2D eigenvalue weighted by Crippen LogP contribution is 2.33. The first-order valence-electron chi connectivity index (χ1n) is 10.2. The highest BCUT2D eigenvalue weighted by Gasteiger charge is 2.27. The van der Waals surface area contributed by atoms with Crippen LogP contribution in [0.15, 0.2) is 18.2 Å². The number of ketones is 1. The Morgan fingerprint density at radius 3 is 2.58 bits per heavy atom. The summed E-state index contributed by atoms with van der Waals surface area (Å²) in [5.74, 6) is 0.238. The van der Waals surface area contributed by atoms with Crippen molar-refractivity contribution in [2.75, 3.05) is 19.6 Å². The summed E-state index contributed by atoms with van der Waals surface area (Å²) >= 11 is 0. The molecule has 0 spiro atoms. The minimum atomic E-state index is -0.441. The molecule has 1 saturated heterocycles. The van der Waals surface area contributed by atoms with Gasteiger partial charge in [-0.2, -0.15) is 0 Å². The Labute approximate surface area is 155 Å². The van der Waals surface area contributed by atoms with Crippen molar-refractivity contribution in [1.82, 2.24) is 9.47 Å².